The number of hydrogen-bond donors (Lipinski definition) is 0. The molecule has 0 aliphatic rings. The van der Waals surface area contributed by atoms with Crippen molar-refractivity contribution >= 4 is 13.8 Å². The molecule has 0 aromatic carbocycles. The fourth-order valence-electron chi connectivity index (χ4n) is 3.83. The largest absolute Gasteiger partial charge is 0.415 e. The molecule has 0 radical (unpaired) electrons. The van der Waals surface area contributed by atoms with E-state index < -0.39 is 8.32 Å². The maximum atomic E-state index is 6.32. The summed E-state index contributed by atoms with van der Waals surface area (Å²) >= 11 is 0. The van der Waals surface area contributed by atoms with Gasteiger partial charge in [0.2, 0.25) is 0 Å². The normalized spacial score (nSPS) is 12.8. The van der Waals surface area contributed by atoms with Gasteiger partial charge in [-0.2, -0.15) is 15.3 Å². The molecule has 34 heavy (non-hydrogen) atoms. The molecule has 9 heteroatoms. The Bertz CT molecular complexity index is 1240. The fraction of sp³-hybridized carbons (Fsp3) is 0.520. The number of nitrogens with zero attached hydrogens (tertiary/aromatic N) is 7. The van der Waals surface area contributed by atoms with E-state index in [1.165, 1.54) is 0 Å². The summed E-state index contributed by atoms with van der Waals surface area (Å²) in [6.07, 6.45) is 13.7. The first kappa shape index (κ1) is 24.3. The Kier molecular flexibility index (Phi) is 6.77. The van der Waals surface area contributed by atoms with Gasteiger partial charge in [0.1, 0.15) is 0 Å². The monoisotopic (exact) mass is 479 g/mol. The molecule has 8 nitrogen and oxygen atoms in total. The third-order valence-electron chi connectivity index (χ3n) is 7.10. The molecule has 0 spiro atoms. The molecule has 0 unspecified atom stereocenters. The van der Waals surface area contributed by atoms with Crippen molar-refractivity contribution < 1.29 is 4.43 Å². The molecule has 0 aliphatic heterocycles. The highest BCUT2D eigenvalue weighted by Crippen LogP contribution is 2.36. The van der Waals surface area contributed by atoms with Crippen LogP contribution in [0, 0.1) is 0 Å². The SMILES string of the molecule is CCC(CC)n1cc(-c2nc(-c3cnn(CCO[Si](C)(C)C(C)(C)C)c3)cn3nccc23)cn1. The van der Waals surface area contributed by atoms with E-state index in [0.29, 0.717) is 19.2 Å². The maximum Gasteiger partial charge on any atom is 0.192 e. The molecule has 0 saturated carbocycles. The highest BCUT2D eigenvalue weighted by atomic mass is 28.4. The van der Waals surface area contributed by atoms with Crippen molar-refractivity contribution in [2.45, 2.75) is 78.2 Å². The van der Waals surface area contributed by atoms with Crippen LogP contribution in [0.2, 0.25) is 18.1 Å². The van der Waals surface area contributed by atoms with Gasteiger partial charge in [0.05, 0.1) is 60.9 Å². The van der Waals surface area contributed by atoms with Crippen molar-refractivity contribution in [2.75, 3.05) is 6.61 Å². The maximum absolute atomic E-state index is 6.32. The van der Waals surface area contributed by atoms with Crippen LogP contribution in [0.15, 0.2) is 43.2 Å². The van der Waals surface area contributed by atoms with Crippen molar-refractivity contribution in [3.05, 3.63) is 43.2 Å². The molecule has 0 amide bonds. The molecule has 0 aliphatic carbocycles. The summed E-state index contributed by atoms with van der Waals surface area (Å²) < 4.78 is 12.2. The molecule has 0 atom stereocenters. The molecule has 4 aromatic heterocycles. The standard InChI is InChI=1S/C25H37N7OSi/c1-8-21(9-2)31-17-20(15-28-31)24-23-10-11-26-32(23)18-22(29-24)19-14-27-30(16-19)12-13-33-34(6,7)25(3,4)5/h10-11,14-18,21H,8-9,12-13H2,1-7H3. The first-order valence-electron chi connectivity index (χ1n) is 12.2. The van der Waals surface area contributed by atoms with Crippen LogP contribution in [0.3, 0.4) is 0 Å². The van der Waals surface area contributed by atoms with Gasteiger partial charge in [-0.1, -0.05) is 34.6 Å². The van der Waals surface area contributed by atoms with Crippen molar-refractivity contribution in [2.24, 2.45) is 0 Å². The van der Waals surface area contributed by atoms with Crippen LogP contribution < -0.4 is 0 Å². The van der Waals surface area contributed by atoms with Crippen LogP contribution in [0.4, 0.5) is 0 Å². The van der Waals surface area contributed by atoms with Gasteiger partial charge < -0.3 is 4.43 Å². The third kappa shape index (κ3) is 4.86. The zero-order chi connectivity index (χ0) is 24.5. The zero-order valence-electron chi connectivity index (χ0n) is 21.5. The Morgan fingerprint density at radius 1 is 0.971 bits per heavy atom. The molecule has 182 valence electrons. The number of rotatable bonds is 9. The Morgan fingerprint density at radius 3 is 2.41 bits per heavy atom. The summed E-state index contributed by atoms with van der Waals surface area (Å²) in [7, 11) is -1.77. The molecule has 0 N–H and O–H groups in total. The number of aromatic nitrogens is 7. The summed E-state index contributed by atoms with van der Waals surface area (Å²) in [5.74, 6) is 0. The predicted octanol–water partition coefficient (Wildman–Crippen LogP) is 5.84. The average Bonchev–Trinajstić information content (AvgIpc) is 3.54. The summed E-state index contributed by atoms with van der Waals surface area (Å²) in [6.45, 7) is 17.1. The van der Waals surface area contributed by atoms with Gasteiger partial charge in [-0.05, 0) is 37.0 Å². The Labute approximate surface area is 203 Å². The van der Waals surface area contributed by atoms with Gasteiger partial charge in [-0.15, -0.1) is 0 Å². The van der Waals surface area contributed by atoms with Crippen LogP contribution in [-0.2, 0) is 11.0 Å². The van der Waals surface area contributed by atoms with Gasteiger partial charge in [0, 0.05) is 23.5 Å². The van der Waals surface area contributed by atoms with Crippen molar-refractivity contribution in [3.63, 3.8) is 0 Å². The first-order valence-corrected chi connectivity index (χ1v) is 15.1. The van der Waals surface area contributed by atoms with E-state index in [1.807, 2.05) is 40.1 Å². The Morgan fingerprint density at radius 2 is 1.71 bits per heavy atom. The highest BCUT2D eigenvalue weighted by Gasteiger charge is 2.36. The molecule has 0 fully saturated rings. The summed E-state index contributed by atoms with van der Waals surface area (Å²) in [6, 6.07) is 2.38. The van der Waals surface area contributed by atoms with Crippen LogP contribution in [0.5, 0.6) is 0 Å². The van der Waals surface area contributed by atoms with Crippen LogP contribution in [0.1, 0.15) is 53.5 Å². The molecule has 0 bridgehead atoms. The topological polar surface area (TPSA) is 75.1 Å². The molecule has 4 aromatic rings. The van der Waals surface area contributed by atoms with E-state index >= 15 is 0 Å². The van der Waals surface area contributed by atoms with Gasteiger partial charge in [0.15, 0.2) is 8.32 Å². The summed E-state index contributed by atoms with van der Waals surface area (Å²) in [5, 5.41) is 13.9. The van der Waals surface area contributed by atoms with Crippen molar-refractivity contribution in [1.82, 2.24) is 34.2 Å². The summed E-state index contributed by atoms with van der Waals surface area (Å²) in [5.41, 5.74) is 4.62. The van der Waals surface area contributed by atoms with E-state index in [-0.39, 0.29) is 5.04 Å². The van der Waals surface area contributed by atoms with Crippen LogP contribution in [0.25, 0.3) is 28.0 Å². The lowest BCUT2D eigenvalue weighted by Crippen LogP contribution is -2.41. The minimum atomic E-state index is -1.77. The quantitative estimate of drug-likeness (QED) is 0.282. The second-order valence-electron chi connectivity index (χ2n) is 10.4. The first-order chi connectivity index (χ1) is 16.1. The number of fused-ring (bicyclic) bond motifs is 1. The minimum absolute atomic E-state index is 0.198. The van der Waals surface area contributed by atoms with Crippen LogP contribution >= 0.6 is 0 Å². The molecule has 4 heterocycles. The van der Waals surface area contributed by atoms with E-state index in [4.69, 9.17) is 9.41 Å². The van der Waals surface area contributed by atoms with Crippen molar-refractivity contribution in [3.8, 4) is 22.5 Å². The lowest BCUT2D eigenvalue weighted by atomic mass is 10.1. The zero-order valence-corrected chi connectivity index (χ0v) is 22.5. The highest BCUT2D eigenvalue weighted by molar-refractivity contribution is 6.74. The fourth-order valence-corrected chi connectivity index (χ4v) is 4.86. The summed E-state index contributed by atoms with van der Waals surface area (Å²) in [4.78, 5) is 5.01. The lowest BCUT2D eigenvalue weighted by molar-refractivity contribution is 0.266. The second-order valence-corrected chi connectivity index (χ2v) is 15.2. The van der Waals surface area contributed by atoms with Crippen molar-refractivity contribution in [1.29, 1.82) is 0 Å². The van der Waals surface area contributed by atoms with E-state index in [2.05, 4.69) is 73.9 Å². The van der Waals surface area contributed by atoms with Gasteiger partial charge in [-0.3, -0.25) is 9.36 Å². The van der Waals surface area contributed by atoms with Crippen LogP contribution in [-0.4, -0.2) is 49.1 Å². The number of hydrogen-bond acceptors (Lipinski definition) is 5. The van der Waals surface area contributed by atoms with E-state index in [9.17, 15) is 0 Å². The molecular formula is C25H37N7OSi. The molecular weight excluding hydrogens is 442 g/mol. The Hall–Kier alpha value is -2.78. The molecule has 0 saturated heterocycles. The second kappa shape index (κ2) is 9.46. The third-order valence-corrected chi connectivity index (χ3v) is 11.6. The average molecular weight is 480 g/mol. The van der Waals surface area contributed by atoms with E-state index in [0.717, 1.165) is 40.9 Å². The molecule has 4 rings (SSSR count). The lowest BCUT2D eigenvalue weighted by Gasteiger charge is -2.36. The Balaban J connectivity index is 1.58. The predicted molar refractivity (Wildman–Crippen MR) is 138 cm³/mol. The van der Waals surface area contributed by atoms with Gasteiger partial charge >= 0.3 is 0 Å². The van der Waals surface area contributed by atoms with E-state index in [1.54, 1.807) is 6.20 Å². The smallest absolute Gasteiger partial charge is 0.192 e. The van der Waals surface area contributed by atoms with Gasteiger partial charge in [-0.25, -0.2) is 9.50 Å². The minimum Gasteiger partial charge on any atom is -0.415 e. The van der Waals surface area contributed by atoms with Gasteiger partial charge in [0.25, 0.3) is 0 Å².